The highest BCUT2D eigenvalue weighted by Crippen LogP contribution is 2.29. The molecule has 0 saturated heterocycles. The number of anilines is 1. The number of ketones is 1. The van der Waals surface area contributed by atoms with Gasteiger partial charge in [0, 0.05) is 21.5 Å². The first kappa shape index (κ1) is 22.0. The number of nitrogens with one attached hydrogen (secondary N) is 1. The van der Waals surface area contributed by atoms with Crippen molar-refractivity contribution in [1.82, 2.24) is 9.78 Å². The fourth-order valence-electron chi connectivity index (χ4n) is 3.55. The average molecular weight is 490 g/mol. The lowest BCUT2D eigenvalue weighted by Crippen LogP contribution is -2.24. The van der Waals surface area contributed by atoms with E-state index in [0.29, 0.717) is 11.4 Å². The van der Waals surface area contributed by atoms with Gasteiger partial charge in [0.25, 0.3) is 11.7 Å². The van der Waals surface area contributed by atoms with Crippen LogP contribution in [0.4, 0.5) is 5.82 Å². The molecule has 0 fully saturated rings. The van der Waals surface area contributed by atoms with E-state index in [9.17, 15) is 9.59 Å². The van der Waals surface area contributed by atoms with Crippen molar-refractivity contribution in [2.24, 2.45) is 0 Å². The van der Waals surface area contributed by atoms with Crippen molar-refractivity contribution in [1.29, 1.82) is 0 Å². The summed E-state index contributed by atoms with van der Waals surface area (Å²) < 4.78 is 2.55. The van der Waals surface area contributed by atoms with Crippen LogP contribution in [0.1, 0.15) is 42.4 Å². The Labute approximate surface area is 195 Å². The van der Waals surface area contributed by atoms with Gasteiger partial charge in [0.15, 0.2) is 0 Å². The number of halogens is 1. The molecular formula is C26H24BrN3O2. The highest BCUT2D eigenvalue weighted by atomic mass is 79.9. The van der Waals surface area contributed by atoms with Crippen LogP contribution >= 0.6 is 15.9 Å². The van der Waals surface area contributed by atoms with Gasteiger partial charge >= 0.3 is 0 Å². The van der Waals surface area contributed by atoms with Crippen molar-refractivity contribution >= 4 is 44.2 Å². The Morgan fingerprint density at radius 2 is 1.66 bits per heavy atom. The molecule has 0 saturated carbocycles. The molecule has 0 spiro atoms. The first-order chi connectivity index (χ1) is 15.1. The molecule has 3 aromatic carbocycles. The van der Waals surface area contributed by atoms with Crippen LogP contribution in [0.3, 0.4) is 0 Å². The average Bonchev–Trinajstić information content (AvgIpc) is 3.18. The van der Waals surface area contributed by atoms with Gasteiger partial charge in [-0.3, -0.25) is 9.59 Å². The highest BCUT2D eigenvalue weighted by Gasteiger charge is 2.25. The fraction of sp³-hybridized carbons (Fsp3) is 0.192. The first-order valence-electron chi connectivity index (χ1n) is 10.4. The molecule has 0 aliphatic heterocycles. The zero-order chi connectivity index (χ0) is 23.0. The number of carbonyl (C=O) groups excluding carboxylic acids is 2. The molecule has 1 heterocycles. The van der Waals surface area contributed by atoms with Gasteiger partial charge in [0.2, 0.25) is 0 Å². The van der Waals surface area contributed by atoms with Gasteiger partial charge in [0.05, 0.1) is 11.4 Å². The molecule has 1 amide bonds. The third-order valence-electron chi connectivity index (χ3n) is 5.29. The number of nitrogens with zero attached hydrogens (tertiary/aromatic N) is 2. The number of benzene rings is 3. The Bertz CT molecular complexity index is 1350. The third-order valence-corrected chi connectivity index (χ3v) is 5.98. The van der Waals surface area contributed by atoms with E-state index in [4.69, 9.17) is 5.10 Å². The van der Waals surface area contributed by atoms with Gasteiger partial charge in [-0.05, 0) is 47.5 Å². The number of hydrogen-bond acceptors (Lipinski definition) is 3. The minimum Gasteiger partial charge on any atom is -0.304 e. The second kappa shape index (κ2) is 8.36. The number of rotatable bonds is 4. The first-order valence-corrected chi connectivity index (χ1v) is 11.1. The smallest absolute Gasteiger partial charge is 0.297 e. The molecule has 0 radical (unpaired) electrons. The third kappa shape index (κ3) is 4.23. The highest BCUT2D eigenvalue weighted by molar-refractivity contribution is 9.10. The molecule has 5 nitrogen and oxygen atoms in total. The molecule has 4 rings (SSSR count). The predicted octanol–water partition coefficient (Wildman–Crippen LogP) is 6.22. The van der Waals surface area contributed by atoms with Crippen LogP contribution in [0.5, 0.6) is 0 Å². The van der Waals surface area contributed by atoms with Crippen molar-refractivity contribution in [3.8, 4) is 5.69 Å². The van der Waals surface area contributed by atoms with Gasteiger partial charge < -0.3 is 5.32 Å². The van der Waals surface area contributed by atoms with Crippen LogP contribution in [0.2, 0.25) is 0 Å². The largest absolute Gasteiger partial charge is 0.304 e. The summed E-state index contributed by atoms with van der Waals surface area (Å²) in [6, 6.07) is 20.6. The Balaban J connectivity index is 1.73. The molecular weight excluding hydrogens is 466 g/mol. The number of carbonyl (C=O) groups is 2. The summed E-state index contributed by atoms with van der Waals surface area (Å²) in [5, 5.41) is 9.13. The number of aromatic nitrogens is 2. The van der Waals surface area contributed by atoms with Crippen molar-refractivity contribution in [2.75, 3.05) is 5.32 Å². The van der Waals surface area contributed by atoms with Crippen LogP contribution in [-0.2, 0) is 10.2 Å². The van der Waals surface area contributed by atoms with Crippen molar-refractivity contribution in [3.63, 3.8) is 0 Å². The van der Waals surface area contributed by atoms with Gasteiger partial charge in [-0.15, -0.1) is 0 Å². The number of hydrogen-bond donors (Lipinski definition) is 1. The van der Waals surface area contributed by atoms with E-state index in [0.717, 1.165) is 32.2 Å². The summed E-state index contributed by atoms with van der Waals surface area (Å²) in [7, 11) is 0. The Morgan fingerprint density at radius 3 is 2.34 bits per heavy atom. The Hall–Kier alpha value is -3.25. The molecule has 4 aromatic rings. The number of fused-ring (bicyclic) bond motifs is 1. The summed E-state index contributed by atoms with van der Waals surface area (Å²) in [5.41, 5.74) is 2.85. The molecule has 162 valence electrons. The predicted molar refractivity (Wildman–Crippen MR) is 132 cm³/mol. The van der Waals surface area contributed by atoms with Crippen LogP contribution in [-0.4, -0.2) is 21.5 Å². The van der Waals surface area contributed by atoms with Gasteiger partial charge in [-0.25, -0.2) is 4.68 Å². The lowest BCUT2D eigenvalue weighted by atomic mass is 9.92. The van der Waals surface area contributed by atoms with Crippen LogP contribution < -0.4 is 5.32 Å². The molecule has 0 aliphatic rings. The van der Waals surface area contributed by atoms with Crippen LogP contribution in [0, 0.1) is 6.92 Å². The van der Waals surface area contributed by atoms with Crippen LogP contribution in [0.15, 0.2) is 71.2 Å². The van der Waals surface area contributed by atoms with E-state index in [1.54, 1.807) is 16.8 Å². The van der Waals surface area contributed by atoms with E-state index >= 15 is 0 Å². The molecule has 6 heteroatoms. The molecule has 1 N–H and O–H groups in total. The molecule has 1 aromatic heterocycles. The lowest BCUT2D eigenvalue weighted by Gasteiger charge is -2.14. The second-order valence-corrected chi connectivity index (χ2v) is 9.69. The van der Waals surface area contributed by atoms with Crippen LogP contribution in [0.25, 0.3) is 16.5 Å². The number of amides is 1. The SMILES string of the molecule is Cc1cccc(-n2nc(C(C)(C)C)cc2NC(=O)C(=O)c2ccc(Br)c3ccccc23)c1. The Morgan fingerprint density at radius 1 is 0.938 bits per heavy atom. The quantitative estimate of drug-likeness (QED) is 0.273. The van der Waals surface area contributed by atoms with E-state index in [1.165, 1.54) is 0 Å². The zero-order valence-corrected chi connectivity index (χ0v) is 20.0. The molecule has 0 unspecified atom stereocenters. The van der Waals surface area contributed by atoms with E-state index in [1.807, 2.05) is 61.5 Å². The van der Waals surface area contributed by atoms with Gasteiger partial charge in [0.1, 0.15) is 5.82 Å². The minimum absolute atomic E-state index is 0.222. The molecule has 0 atom stereocenters. The monoisotopic (exact) mass is 489 g/mol. The second-order valence-electron chi connectivity index (χ2n) is 8.84. The van der Waals surface area contributed by atoms with E-state index < -0.39 is 11.7 Å². The topological polar surface area (TPSA) is 64.0 Å². The number of Topliss-reactive ketones (excluding diaryl/α,β-unsaturated/α-hetero) is 1. The standard InChI is InChI=1S/C26H24BrN3O2/c1-16-8-7-9-17(14-16)30-23(15-22(29-30)26(2,3)4)28-25(32)24(31)20-12-13-21(27)19-11-6-5-10-18(19)20/h5-15H,1-4H3,(H,28,32). The van der Waals surface area contributed by atoms with Gasteiger partial charge in [-0.1, -0.05) is 73.1 Å². The minimum atomic E-state index is -0.702. The van der Waals surface area contributed by atoms with Crippen molar-refractivity contribution < 1.29 is 9.59 Å². The molecule has 32 heavy (non-hydrogen) atoms. The normalized spacial score (nSPS) is 11.5. The molecule has 0 bridgehead atoms. The lowest BCUT2D eigenvalue weighted by molar-refractivity contribution is -0.112. The van der Waals surface area contributed by atoms with Crippen molar-refractivity contribution in [3.05, 3.63) is 88.0 Å². The maximum atomic E-state index is 13.1. The van der Waals surface area contributed by atoms with Crippen molar-refractivity contribution in [2.45, 2.75) is 33.1 Å². The fourth-order valence-corrected chi connectivity index (χ4v) is 4.03. The Kier molecular flexibility index (Phi) is 5.73. The van der Waals surface area contributed by atoms with E-state index in [-0.39, 0.29) is 5.41 Å². The molecule has 0 aliphatic carbocycles. The van der Waals surface area contributed by atoms with E-state index in [2.05, 4.69) is 42.0 Å². The number of aryl methyl sites for hydroxylation is 1. The maximum absolute atomic E-state index is 13.1. The summed E-state index contributed by atoms with van der Waals surface area (Å²) in [4.78, 5) is 26.2. The summed E-state index contributed by atoms with van der Waals surface area (Å²) in [6.45, 7) is 8.17. The summed E-state index contributed by atoms with van der Waals surface area (Å²) >= 11 is 3.51. The summed E-state index contributed by atoms with van der Waals surface area (Å²) in [5.74, 6) is -0.838. The van der Waals surface area contributed by atoms with Gasteiger partial charge in [-0.2, -0.15) is 5.10 Å². The summed E-state index contributed by atoms with van der Waals surface area (Å²) in [6.07, 6.45) is 0. The zero-order valence-electron chi connectivity index (χ0n) is 18.4. The maximum Gasteiger partial charge on any atom is 0.297 e.